The first kappa shape index (κ1) is 41.5. The lowest BCUT2D eigenvalue weighted by Gasteiger charge is -2.21. The van der Waals surface area contributed by atoms with Crippen LogP contribution in [0.2, 0.25) is 0 Å². The van der Waals surface area contributed by atoms with Crippen LogP contribution >= 0.6 is 0 Å². The van der Waals surface area contributed by atoms with Crippen LogP contribution in [0, 0.1) is 35.8 Å². The van der Waals surface area contributed by atoms with Gasteiger partial charge in [0.15, 0.2) is 17.2 Å². The third-order valence-corrected chi connectivity index (χ3v) is 12.5. The van der Waals surface area contributed by atoms with Gasteiger partial charge >= 0.3 is 0 Å². The highest BCUT2D eigenvalue weighted by Crippen LogP contribution is 2.46. The number of aromatic nitrogens is 3. The van der Waals surface area contributed by atoms with E-state index < -0.39 is 0 Å². The first-order valence-electron chi connectivity index (χ1n) is 22.2. The van der Waals surface area contributed by atoms with Crippen LogP contribution in [-0.4, -0.2) is 14.5 Å². The fourth-order valence-electron chi connectivity index (χ4n) is 9.22. The Morgan fingerprint density at radius 3 is 1.46 bits per heavy atom. The topological polar surface area (TPSA) is 87.0 Å². The minimum absolute atomic E-state index is 0.518. The second-order valence-corrected chi connectivity index (χ2v) is 16.5. The van der Waals surface area contributed by atoms with E-state index in [9.17, 15) is 10.5 Å². The van der Waals surface area contributed by atoms with Crippen molar-refractivity contribution in [3.8, 4) is 96.2 Å². The highest BCUT2D eigenvalue weighted by molar-refractivity contribution is 6.13. The van der Waals surface area contributed by atoms with Crippen molar-refractivity contribution in [1.82, 2.24) is 14.5 Å². The van der Waals surface area contributed by atoms with Crippen molar-refractivity contribution in [2.75, 3.05) is 0 Å². The first-order valence-corrected chi connectivity index (χ1v) is 22.2. The Balaban J connectivity index is 1.27. The Kier molecular flexibility index (Phi) is 10.6. The zero-order chi connectivity index (χ0) is 46.8. The van der Waals surface area contributed by atoms with Gasteiger partial charge in [0.05, 0.1) is 64.5 Å². The summed E-state index contributed by atoms with van der Waals surface area (Å²) in [5, 5.41) is 22.1. The molecule has 7 heteroatoms. The molecule has 7 nitrogen and oxygen atoms in total. The average molecular weight is 878 g/mol. The quantitative estimate of drug-likeness (QED) is 0.142. The predicted molar refractivity (Wildman–Crippen MR) is 276 cm³/mol. The van der Waals surface area contributed by atoms with Gasteiger partial charge in [-0.3, -0.25) is 0 Å². The number of hydrogen-bond acceptors (Lipinski definition) is 4. The van der Waals surface area contributed by atoms with E-state index in [4.69, 9.17) is 23.1 Å². The molecule has 0 unspecified atom stereocenters. The van der Waals surface area contributed by atoms with E-state index >= 15 is 0 Å². The van der Waals surface area contributed by atoms with E-state index in [0.29, 0.717) is 28.3 Å². The summed E-state index contributed by atoms with van der Waals surface area (Å²) in [6.45, 7) is 15.8. The van der Waals surface area contributed by atoms with Gasteiger partial charge in [0.1, 0.15) is 0 Å². The van der Waals surface area contributed by atoms with Gasteiger partial charge in [-0.2, -0.15) is 10.5 Å². The van der Waals surface area contributed by atoms with Gasteiger partial charge in [-0.25, -0.2) is 19.7 Å². The van der Waals surface area contributed by atoms with E-state index in [-0.39, 0.29) is 0 Å². The standard InChI is InChI=1S/C62H35N7/c1-65-49-29-25-42(26-30-49)53-36-48(62-67-57(43-13-5-3-6-14-43)37-58(68-62)44-15-7-4-8-16-44)35-52(41-23-21-40(38-63)22-24-41)61(53)69-59-31-27-45(50-18-10-9-17-47(50)39-64)33-54(59)55-34-46(28-32-60(55)69)51-19-11-12-20-56(51)66-2/h3-37H. The molecule has 11 aromatic rings. The van der Waals surface area contributed by atoms with E-state index in [1.54, 1.807) is 0 Å². The minimum atomic E-state index is 0.518. The smallest absolute Gasteiger partial charge is 0.194 e. The molecule has 0 aliphatic rings. The van der Waals surface area contributed by atoms with Crippen LogP contribution in [0.1, 0.15) is 11.1 Å². The van der Waals surface area contributed by atoms with E-state index in [0.717, 1.165) is 100 Å². The molecule has 9 aromatic carbocycles. The van der Waals surface area contributed by atoms with Crippen LogP contribution in [0.5, 0.6) is 0 Å². The molecule has 2 aromatic heterocycles. The number of para-hydroxylation sites is 1. The van der Waals surface area contributed by atoms with E-state index in [1.807, 2.05) is 140 Å². The largest absolute Gasteiger partial charge is 0.308 e. The minimum Gasteiger partial charge on any atom is -0.308 e. The molecule has 0 atom stereocenters. The summed E-state index contributed by atoms with van der Waals surface area (Å²) in [5.74, 6) is 0.529. The van der Waals surface area contributed by atoms with Crippen molar-refractivity contribution in [2.45, 2.75) is 0 Å². The Hall–Kier alpha value is -10.2. The molecule has 0 bridgehead atoms. The lowest BCUT2D eigenvalue weighted by molar-refractivity contribution is 1.17. The van der Waals surface area contributed by atoms with Crippen molar-refractivity contribution >= 4 is 33.2 Å². The number of rotatable bonds is 8. The summed E-state index contributed by atoms with van der Waals surface area (Å²) in [7, 11) is 0. The number of hydrogen-bond donors (Lipinski definition) is 0. The number of nitrogens with zero attached hydrogens (tertiary/aromatic N) is 7. The number of nitriles is 2. The fraction of sp³-hybridized carbons (Fsp3) is 0. The molecular formula is C62H35N7. The molecule has 0 saturated carbocycles. The maximum atomic E-state index is 10.2. The predicted octanol–water partition coefficient (Wildman–Crippen LogP) is 16.1. The van der Waals surface area contributed by atoms with Crippen LogP contribution in [0.25, 0.3) is 116 Å². The van der Waals surface area contributed by atoms with Crippen LogP contribution in [0.4, 0.5) is 11.4 Å². The van der Waals surface area contributed by atoms with Crippen LogP contribution in [-0.2, 0) is 0 Å². The Labute approximate surface area is 399 Å². The lowest BCUT2D eigenvalue weighted by atomic mass is 9.92. The molecule has 0 amide bonds. The number of fused-ring (bicyclic) bond motifs is 3. The van der Waals surface area contributed by atoms with Gasteiger partial charge in [0.25, 0.3) is 0 Å². The number of benzene rings is 9. The Bertz CT molecular complexity index is 3720. The molecule has 0 radical (unpaired) electrons. The second-order valence-electron chi connectivity index (χ2n) is 16.5. The Morgan fingerprint density at radius 2 is 0.913 bits per heavy atom. The van der Waals surface area contributed by atoms with Gasteiger partial charge in [0, 0.05) is 38.6 Å². The molecule has 0 aliphatic heterocycles. The zero-order valence-electron chi connectivity index (χ0n) is 36.8. The maximum Gasteiger partial charge on any atom is 0.194 e. The molecule has 11 rings (SSSR count). The summed E-state index contributed by atoms with van der Waals surface area (Å²) in [5.41, 5.74) is 16.0. The van der Waals surface area contributed by atoms with Crippen molar-refractivity contribution in [3.05, 3.63) is 246 Å². The van der Waals surface area contributed by atoms with Gasteiger partial charge < -0.3 is 4.57 Å². The third-order valence-electron chi connectivity index (χ3n) is 12.5. The van der Waals surface area contributed by atoms with Crippen molar-refractivity contribution in [1.29, 1.82) is 10.5 Å². The third kappa shape index (κ3) is 7.61. The molecule has 0 N–H and O–H groups in total. The van der Waals surface area contributed by atoms with Crippen LogP contribution in [0.3, 0.4) is 0 Å². The summed E-state index contributed by atoms with van der Waals surface area (Å²) in [4.78, 5) is 18.2. The Morgan fingerprint density at radius 1 is 0.406 bits per heavy atom. The maximum absolute atomic E-state index is 10.2. The van der Waals surface area contributed by atoms with Gasteiger partial charge in [-0.15, -0.1) is 0 Å². The van der Waals surface area contributed by atoms with Crippen molar-refractivity contribution in [3.63, 3.8) is 0 Å². The zero-order valence-corrected chi connectivity index (χ0v) is 36.8. The van der Waals surface area contributed by atoms with Crippen LogP contribution in [0.15, 0.2) is 212 Å². The molecule has 0 saturated heterocycles. The summed E-state index contributed by atoms with van der Waals surface area (Å²) >= 11 is 0. The monoisotopic (exact) mass is 877 g/mol. The van der Waals surface area contributed by atoms with Gasteiger partial charge in [-0.1, -0.05) is 152 Å². The van der Waals surface area contributed by atoms with Gasteiger partial charge in [0.2, 0.25) is 0 Å². The normalized spacial score (nSPS) is 10.8. The second kappa shape index (κ2) is 17.7. The van der Waals surface area contributed by atoms with Gasteiger partial charge in [-0.05, 0) is 94.0 Å². The summed E-state index contributed by atoms with van der Waals surface area (Å²) in [6.07, 6.45) is 0. The lowest BCUT2D eigenvalue weighted by Crippen LogP contribution is -2.03. The molecule has 69 heavy (non-hydrogen) atoms. The SMILES string of the molecule is [C-]#[N+]c1ccc(-c2cc(-c3nc(-c4ccccc4)cc(-c4ccccc4)n3)cc(-c3ccc(C#N)cc3)c2-n2c3ccc(-c4ccccc4C#N)cc3c3cc(-c4ccccc4[N+]#[C-])ccc32)cc1. The molecule has 0 aliphatic carbocycles. The first-order chi connectivity index (χ1) is 34.0. The van der Waals surface area contributed by atoms with E-state index in [2.05, 4.69) is 99.2 Å². The molecule has 318 valence electrons. The molecule has 0 fully saturated rings. The highest BCUT2D eigenvalue weighted by Gasteiger charge is 2.24. The molecule has 0 spiro atoms. The fourth-order valence-corrected chi connectivity index (χ4v) is 9.22. The summed E-state index contributed by atoms with van der Waals surface area (Å²) < 4.78 is 2.29. The van der Waals surface area contributed by atoms with Crippen LogP contribution < -0.4 is 0 Å². The van der Waals surface area contributed by atoms with Crippen molar-refractivity contribution in [2.24, 2.45) is 0 Å². The van der Waals surface area contributed by atoms with E-state index in [1.165, 1.54) is 0 Å². The highest BCUT2D eigenvalue weighted by atomic mass is 15.0. The molecule has 2 heterocycles. The summed E-state index contributed by atoms with van der Waals surface area (Å²) in [6, 6.07) is 74.4. The molecular weight excluding hydrogens is 843 g/mol. The van der Waals surface area contributed by atoms with Crippen molar-refractivity contribution < 1.29 is 0 Å². The average Bonchev–Trinajstić information content (AvgIpc) is 3.75.